The molecule has 1 aliphatic rings. The van der Waals surface area contributed by atoms with Crippen molar-refractivity contribution in [2.75, 3.05) is 11.4 Å². The normalized spacial score (nSPS) is 13.8. The predicted octanol–water partition coefficient (Wildman–Crippen LogP) is 5.18. The van der Waals surface area contributed by atoms with Gasteiger partial charge >= 0.3 is 0 Å². The average Bonchev–Trinajstić information content (AvgIpc) is 3.26. The fraction of sp³-hybridized carbons (Fsp3) is 0.160. The van der Waals surface area contributed by atoms with Crippen molar-refractivity contribution in [2.24, 2.45) is 0 Å². The quantitative estimate of drug-likeness (QED) is 0.430. The Labute approximate surface area is 186 Å². The van der Waals surface area contributed by atoms with E-state index in [4.69, 9.17) is 4.42 Å². The second-order valence-corrected chi connectivity index (χ2v) is 9.76. The number of hydrogen-bond donors (Lipinski definition) is 0. The molecule has 4 aromatic rings. The molecule has 1 aliphatic heterocycles. The molecule has 0 radical (unpaired) electrons. The van der Waals surface area contributed by atoms with Crippen LogP contribution in [0.4, 0.5) is 10.3 Å². The van der Waals surface area contributed by atoms with Gasteiger partial charge in [-0.25, -0.2) is 12.8 Å². The van der Waals surface area contributed by atoms with E-state index in [0.717, 1.165) is 17.5 Å². The van der Waals surface area contributed by atoms with E-state index in [1.54, 1.807) is 24.3 Å². The van der Waals surface area contributed by atoms with E-state index in [9.17, 15) is 12.8 Å². The monoisotopic (exact) mass is 448 g/mol. The first-order valence-corrected chi connectivity index (χ1v) is 11.8. The summed E-state index contributed by atoms with van der Waals surface area (Å²) in [4.78, 5) is 6.45. The summed E-state index contributed by atoms with van der Waals surface area (Å²) >= 11 is 0. The molecule has 0 unspecified atom stereocenters. The third kappa shape index (κ3) is 3.69. The summed E-state index contributed by atoms with van der Waals surface area (Å²) in [6, 6.07) is 20.4. The molecule has 0 fully saturated rings. The van der Waals surface area contributed by atoms with Gasteiger partial charge in [-0.3, -0.25) is 0 Å². The summed E-state index contributed by atoms with van der Waals surface area (Å²) in [5.41, 5.74) is 3.83. The van der Waals surface area contributed by atoms with Crippen LogP contribution in [-0.2, 0) is 22.8 Å². The van der Waals surface area contributed by atoms with Crippen LogP contribution in [0.2, 0.25) is 0 Å². The fourth-order valence-electron chi connectivity index (χ4n) is 3.89. The number of sulfone groups is 1. The van der Waals surface area contributed by atoms with E-state index >= 15 is 0 Å². The Kier molecular flexibility index (Phi) is 5.06. The van der Waals surface area contributed by atoms with Gasteiger partial charge in [-0.15, -0.1) is 0 Å². The van der Waals surface area contributed by atoms with Crippen molar-refractivity contribution in [1.82, 2.24) is 4.98 Å². The highest BCUT2D eigenvalue weighted by Gasteiger charge is 2.32. The Morgan fingerprint density at radius 1 is 0.938 bits per heavy atom. The minimum absolute atomic E-state index is 0.125. The maximum Gasteiger partial charge on any atom is 0.236 e. The smallest absolute Gasteiger partial charge is 0.236 e. The SMILES string of the molecule is Cc1ccc(S(=O)(=O)c2nc(-c3ccc(F)cc3)oc2N2CCc3ccccc3C2)cc1. The fourth-order valence-corrected chi connectivity index (χ4v) is 5.21. The molecule has 1 aromatic heterocycles. The summed E-state index contributed by atoms with van der Waals surface area (Å²) in [6.45, 7) is 3.02. The summed E-state index contributed by atoms with van der Waals surface area (Å²) in [6.07, 6.45) is 0.771. The molecule has 5 nitrogen and oxygen atoms in total. The molecular formula is C25H21FN2O3S. The number of oxazole rings is 1. The first kappa shape index (κ1) is 20.5. The zero-order valence-corrected chi connectivity index (χ0v) is 18.3. The maximum atomic E-state index is 13.5. The molecule has 162 valence electrons. The Hall–Kier alpha value is -3.45. The number of rotatable bonds is 4. The number of aromatic nitrogens is 1. The molecule has 7 heteroatoms. The van der Waals surface area contributed by atoms with Crippen LogP contribution in [0.5, 0.6) is 0 Å². The summed E-state index contributed by atoms with van der Waals surface area (Å²) in [7, 11) is -3.93. The lowest BCUT2D eigenvalue weighted by Crippen LogP contribution is -2.31. The van der Waals surface area contributed by atoms with Gasteiger partial charge in [0.2, 0.25) is 26.6 Å². The molecule has 0 aliphatic carbocycles. The minimum atomic E-state index is -3.93. The highest BCUT2D eigenvalue weighted by Crippen LogP contribution is 2.36. The number of nitrogens with zero attached hydrogens (tertiary/aromatic N) is 2. The van der Waals surface area contributed by atoms with Crippen LogP contribution < -0.4 is 4.90 Å². The zero-order chi connectivity index (χ0) is 22.3. The highest BCUT2D eigenvalue weighted by molar-refractivity contribution is 7.91. The number of benzene rings is 3. The second-order valence-electron chi connectivity index (χ2n) is 7.89. The molecule has 5 rings (SSSR count). The number of anilines is 1. The lowest BCUT2D eigenvalue weighted by atomic mass is 10.0. The van der Waals surface area contributed by atoms with Crippen molar-refractivity contribution < 1.29 is 17.2 Å². The van der Waals surface area contributed by atoms with Crippen molar-refractivity contribution >= 4 is 15.7 Å². The van der Waals surface area contributed by atoms with Crippen LogP contribution in [-0.4, -0.2) is 19.9 Å². The van der Waals surface area contributed by atoms with Crippen molar-refractivity contribution in [3.05, 3.63) is 95.3 Å². The van der Waals surface area contributed by atoms with E-state index in [1.807, 2.05) is 30.0 Å². The van der Waals surface area contributed by atoms with Gasteiger partial charge in [0, 0.05) is 18.7 Å². The van der Waals surface area contributed by atoms with Crippen molar-refractivity contribution in [2.45, 2.75) is 29.8 Å². The van der Waals surface area contributed by atoms with Crippen molar-refractivity contribution in [1.29, 1.82) is 0 Å². The van der Waals surface area contributed by atoms with E-state index < -0.39 is 9.84 Å². The Morgan fingerprint density at radius 3 is 2.34 bits per heavy atom. The van der Waals surface area contributed by atoms with Gasteiger partial charge in [-0.2, -0.15) is 4.98 Å². The van der Waals surface area contributed by atoms with E-state index in [1.165, 1.54) is 29.8 Å². The third-order valence-corrected chi connectivity index (χ3v) is 7.34. The number of fused-ring (bicyclic) bond motifs is 1. The number of aryl methyl sites for hydroxylation is 1. The van der Waals surface area contributed by atoms with Crippen LogP contribution >= 0.6 is 0 Å². The lowest BCUT2D eigenvalue weighted by molar-refractivity contribution is 0.533. The molecule has 0 amide bonds. The Balaban J connectivity index is 1.63. The molecule has 0 bridgehead atoms. The molecule has 0 spiro atoms. The van der Waals surface area contributed by atoms with Gasteiger partial charge in [0.1, 0.15) is 5.82 Å². The molecular weight excluding hydrogens is 427 g/mol. The number of halogens is 1. The summed E-state index contributed by atoms with van der Waals surface area (Å²) in [5.74, 6) is -0.0374. The Bertz CT molecular complexity index is 1380. The van der Waals surface area contributed by atoms with E-state index in [2.05, 4.69) is 11.1 Å². The van der Waals surface area contributed by atoms with Gasteiger partial charge in [-0.05, 0) is 60.9 Å². The standard InChI is InChI=1S/C25H21FN2O3S/c1-17-6-12-22(13-7-17)32(29,30)24-25(28-15-14-18-4-2-3-5-20(18)16-28)31-23(27-24)19-8-10-21(26)11-9-19/h2-13H,14-16H2,1H3. The van der Waals surface area contributed by atoms with Crippen LogP contribution in [0.15, 0.2) is 87.1 Å². The topological polar surface area (TPSA) is 63.4 Å². The molecule has 32 heavy (non-hydrogen) atoms. The second kappa shape index (κ2) is 7.91. The maximum absolute atomic E-state index is 13.5. The first-order valence-electron chi connectivity index (χ1n) is 10.3. The van der Waals surface area contributed by atoms with Crippen LogP contribution in [0.3, 0.4) is 0 Å². The largest absolute Gasteiger partial charge is 0.419 e. The van der Waals surface area contributed by atoms with Crippen molar-refractivity contribution in [3.8, 4) is 11.5 Å². The molecule has 2 heterocycles. The molecule has 0 saturated heterocycles. The number of hydrogen-bond acceptors (Lipinski definition) is 5. The van der Waals surface area contributed by atoms with Gasteiger partial charge in [0.15, 0.2) is 0 Å². The lowest BCUT2D eigenvalue weighted by Gasteiger charge is -2.28. The predicted molar refractivity (Wildman–Crippen MR) is 120 cm³/mol. The van der Waals surface area contributed by atoms with Gasteiger partial charge in [0.05, 0.1) is 4.90 Å². The zero-order valence-electron chi connectivity index (χ0n) is 17.5. The van der Waals surface area contributed by atoms with Gasteiger partial charge in [-0.1, -0.05) is 42.0 Å². The van der Waals surface area contributed by atoms with E-state index in [0.29, 0.717) is 18.7 Å². The summed E-state index contributed by atoms with van der Waals surface area (Å²) < 4.78 is 46.5. The third-order valence-electron chi connectivity index (χ3n) is 5.67. The van der Waals surface area contributed by atoms with Gasteiger partial charge < -0.3 is 9.32 Å². The van der Waals surface area contributed by atoms with Crippen LogP contribution in [0, 0.1) is 12.7 Å². The van der Waals surface area contributed by atoms with Gasteiger partial charge in [0.25, 0.3) is 0 Å². The average molecular weight is 449 g/mol. The first-order chi connectivity index (χ1) is 15.4. The van der Waals surface area contributed by atoms with Crippen molar-refractivity contribution in [3.63, 3.8) is 0 Å². The minimum Gasteiger partial charge on any atom is -0.419 e. The molecule has 0 N–H and O–H groups in total. The molecule has 0 atom stereocenters. The van der Waals surface area contributed by atoms with Crippen LogP contribution in [0.25, 0.3) is 11.5 Å². The molecule has 0 saturated carbocycles. The van der Waals surface area contributed by atoms with Crippen LogP contribution in [0.1, 0.15) is 16.7 Å². The highest BCUT2D eigenvalue weighted by atomic mass is 32.2. The Morgan fingerprint density at radius 2 is 1.62 bits per heavy atom. The summed E-state index contributed by atoms with van der Waals surface area (Å²) in [5, 5.41) is -0.125. The van der Waals surface area contributed by atoms with E-state index in [-0.39, 0.29) is 27.5 Å². The molecule has 3 aromatic carbocycles.